The van der Waals surface area contributed by atoms with Gasteiger partial charge in [0.25, 0.3) is 0 Å². The van der Waals surface area contributed by atoms with E-state index in [1.807, 2.05) is 11.8 Å². The minimum absolute atomic E-state index is 0.112. The molecule has 0 saturated heterocycles. The number of benzene rings is 1. The van der Waals surface area contributed by atoms with Crippen molar-refractivity contribution in [2.75, 3.05) is 0 Å². The molecule has 0 unspecified atom stereocenters. The van der Waals surface area contributed by atoms with E-state index in [2.05, 4.69) is 62.5 Å². The molecular weight excluding hydrogens is 264 g/mol. The lowest BCUT2D eigenvalue weighted by molar-refractivity contribution is 0.137. The van der Waals surface area contributed by atoms with E-state index in [-0.39, 0.29) is 4.87 Å². The standard InChI is InChI=1S/C17H24N2S/c1-12-5-7-14(8-6-12)15-18-19-17(20-15)10-13(2)9-16(3,4)11-17/h5-8,13,19H,9-11H2,1-4H3/t13-,17+/m0/s1. The van der Waals surface area contributed by atoms with Gasteiger partial charge in [-0.25, -0.2) is 0 Å². The fourth-order valence-corrected chi connectivity index (χ4v) is 5.50. The molecule has 2 nitrogen and oxygen atoms in total. The van der Waals surface area contributed by atoms with Crippen LogP contribution in [0.1, 0.15) is 51.2 Å². The van der Waals surface area contributed by atoms with Gasteiger partial charge in [-0.2, -0.15) is 5.10 Å². The molecule has 0 amide bonds. The molecule has 0 aromatic heterocycles. The zero-order valence-electron chi connectivity index (χ0n) is 12.9. The Hall–Kier alpha value is -0.960. The molecular formula is C17H24N2S. The van der Waals surface area contributed by atoms with Gasteiger partial charge < -0.3 is 0 Å². The predicted molar refractivity (Wildman–Crippen MR) is 88.0 cm³/mol. The Morgan fingerprint density at radius 3 is 2.55 bits per heavy atom. The van der Waals surface area contributed by atoms with Gasteiger partial charge in [0.2, 0.25) is 0 Å². The van der Waals surface area contributed by atoms with Crippen LogP contribution in [0, 0.1) is 18.3 Å². The minimum atomic E-state index is 0.112. The molecule has 3 heteroatoms. The highest BCUT2D eigenvalue weighted by Crippen LogP contribution is 2.51. The van der Waals surface area contributed by atoms with Crippen molar-refractivity contribution in [1.82, 2.24) is 5.43 Å². The summed E-state index contributed by atoms with van der Waals surface area (Å²) in [4.78, 5) is 0.112. The molecule has 20 heavy (non-hydrogen) atoms. The van der Waals surface area contributed by atoms with Crippen LogP contribution in [0.5, 0.6) is 0 Å². The molecule has 1 aliphatic carbocycles. The number of rotatable bonds is 1. The van der Waals surface area contributed by atoms with Gasteiger partial charge in [0, 0.05) is 5.56 Å². The molecule has 1 aliphatic heterocycles. The maximum atomic E-state index is 4.64. The van der Waals surface area contributed by atoms with Crippen LogP contribution in [0.4, 0.5) is 0 Å². The lowest BCUT2D eigenvalue weighted by atomic mass is 9.70. The summed E-state index contributed by atoms with van der Waals surface area (Å²) in [6, 6.07) is 8.69. The summed E-state index contributed by atoms with van der Waals surface area (Å²) in [6.07, 6.45) is 3.71. The molecule has 1 spiro atoms. The Balaban J connectivity index is 1.79. The van der Waals surface area contributed by atoms with Crippen molar-refractivity contribution in [3.05, 3.63) is 35.4 Å². The van der Waals surface area contributed by atoms with E-state index >= 15 is 0 Å². The smallest absolute Gasteiger partial charge is 0.126 e. The minimum Gasteiger partial charge on any atom is -0.292 e. The first-order chi connectivity index (χ1) is 9.38. The Labute approximate surface area is 126 Å². The van der Waals surface area contributed by atoms with Crippen molar-refractivity contribution in [3.8, 4) is 0 Å². The van der Waals surface area contributed by atoms with E-state index in [9.17, 15) is 0 Å². The number of hydrogen-bond donors (Lipinski definition) is 1. The van der Waals surface area contributed by atoms with Crippen LogP contribution >= 0.6 is 11.8 Å². The third kappa shape index (κ3) is 2.73. The van der Waals surface area contributed by atoms with Crippen LogP contribution in [-0.4, -0.2) is 9.91 Å². The van der Waals surface area contributed by atoms with Crippen molar-refractivity contribution in [2.45, 2.75) is 51.8 Å². The van der Waals surface area contributed by atoms with E-state index in [0.717, 1.165) is 11.0 Å². The molecule has 1 N–H and O–H groups in total. The molecule has 0 radical (unpaired) electrons. The molecule has 2 aliphatic rings. The molecule has 108 valence electrons. The zero-order valence-corrected chi connectivity index (χ0v) is 13.7. The lowest BCUT2D eigenvalue weighted by Crippen LogP contribution is -2.46. The summed E-state index contributed by atoms with van der Waals surface area (Å²) in [5, 5.41) is 5.79. The normalized spacial score (nSPS) is 32.0. The van der Waals surface area contributed by atoms with E-state index in [0.29, 0.717) is 5.41 Å². The fraction of sp³-hybridized carbons (Fsp3) is 0.588. The maximum Gasteiger partial charge on any atom is 0.126 e. The molecule has 1 aromatic rings. The van der Waals surface area contributed by atoms with Gasteiger partial charge in [-0.05, 0) is 37.5 Å². The van der Waals surface area contributed by atoms with Gasteiger partial charge >= 0.3 is 0 Å². The topological polar surface area (TPSA) is 24.4 Å². The van der Waals surface area contributed by atoms with Gasteiger partial charge in [0.1, 0.15) is 9.91 Å². The van der Waals surface area contributed by atoms with Crippen molar-refractivity contribution < 1.29 is 0 Å². The van der Waals surface area contributed by atoms with Crippen molar-refractivity contribution in [1.29, 1.82) is 0 Å². The number of nitrogens with one attached hydrogen (secondary N) is 1. The van der Waals surface area contributed by atoms with Crippen LogP contribution in [0.3, 0.4) is 0 Å². The van der Waals surface area contributed by atoms with Gasteiger partial charge in [-0.3, -0.25) is 5.43 Å². The molecule has 1 saturated carbocycles. The first-order valence-electron chi connectivity index (χ1n) is 7.48. The monoisotopic (exact) mass is 288 g/mol. The summed E-state index contributed by atoms with van der Waals surface area (Å²) in [7, 11) is 0. The van der Waals surface area contributed by atoms with Crippen LogP contribution in [0.2, 0.25) is 0 Å². The number of nitrogens with zero attached hydrogens (tertiary/aromatic N) is 1. The number of hydrazone groups is 1. The molecule has 3 rings (SSSR count). The first-order valence-corrected chi connectivity index (χ1v) is 8.30. The third-order valence-electron chi connectivity index (χ3n) is 4.30. The average molecular weight is 288 g/mol. The lowest BCUT2D eigenvalue weighted by Gasteiger charge is -2.44. The van der Waals surface area contributed by atoms with Crippen LogP contribution < -0.4 is 5.43 Å². The highest BCUT2D eigenvalue weighted by molar-refractivity contribution is 8.15. The first kappa shape index (κ1) is 14.0. The molecule has 1 fully saturated rings. The van der Waals surface area contributed by atoms with E-state index in [1.165, 1.54) is 30.4 Å². The third-order valence-corrected chi connectivity index (χ3v) is 5.61. The fourth-order valence-electron chi connectivity index (χ4n) is 3.86. The Bertz CT molecular complexity index is 532. The van der Waals surface area contributed by atoms with E-state index < -0.39 is 0 Å². The van der Waals surface area contributed by atoms with E-state index in [4.69, 9.17) is 0 Å². The average Bonchev–Trinajstić information content (AvgIpc) is 2.70. The summed E-state index contributed by atoms with van der Waals surface area (Å²) in [6.45, 7) is 9.26. The molecule has 1 aromatic carbocycles. The number of aryl methyl sites for hydroxylation is 1. The molecule has 2 atom stereocenters. The summed E-state index contributed by atoms with van der Waals surface area (Å²) < 4.78 is 0. The summed E-state index contributed by atoms with van der Waals surface area (Å²) >= 11 is 1.94. The Morgan fingerprint density at radius 1 is 1.20 bits per heavy atom. The quantitative estimate of drug-likeness (QED) is 0.820. The molecule has 1 heterocycles. The highest BCUT2D eigenvalue weighted by Gasteiger charge is 2.46. The summed E-state index contributed by atoms with van der Waals surface area (Å²) in [5.74, 6) is 0.756. The Kier molecular flexibility index (Phi) is 3.36. The van der Waals surface area contributed by atoms with Gasteiger partial charge in [0.05, 0.1) is 0 Å². The van der Waals surface area contributed by atoms with Crippen molar-refractivity contribution in [3.63, 3.8) is 0 Å². The second-order valence-corrected chi connectivity index (χ2v) is 8.72. The van der Waals surface area contributed by atoms with Crippen molar-refractivity contribution >= 4 is 16.8 Å². The maximum absolute atomic E-state index is 4.64. The Morgan fingerprint density at radius 2 is 1.90 bits per heavy atom. The van der Waals surface area contributed by atoms with Crippen molar-refractivity contribution in [2.24, 2.45) is 16.4 Å². The van der Waals surface area contributed by atoms with Gasteiger partial charge in [0.15, 0.2) is 0 Å². The van der Waals surface area contributed by atoms with Gasteiger partial charge in [-0.1, -0.05) is 62.4 Å². The van der Waals surface area contributed by atoms with E-state index in [1.54, 1.807) is 0 Å². The zero-order chi connectivity index (χ0) is 14.4. The summed E-state index contributed by atoms with van der Waals surface area (Å²) in [5.41, 5.74) is 6.41. The van der Waals surface area contributed by atoms with Crippen LogP contribution in [0.25, 0.3) is 0 Å². The number of hydrogen-bond acceptors (Lipinski definition) is 3. The largest absolute Gasteiger partial charge is 0.292 e. The van der Waals surface area contributed by atoms with Gasteiger partial charge in [-0.15, -0.1) is 0 Å². The highest BCUT2D eigenvalue weighted by atomic mass is 32.2. The SMILES string of the molecule is Cc1ccc(C2=NN[C@]3(C[C@@H](C)CC(C)(C)C3)S2)cc1. The molecule has 0 bridgehead atoms. The predicted octanol–water partition coefficient (Wildman–Crippen LogP) is 4.54. The van der Waals surface area contributed by atoms with Crippen LogP contribution in [0.15, 0.2) is 29.4 Å². The van der Waals surface area contributed by atoms with Crippen LogP contribution in [-0.2, 0) is 0 Å². The second kappa shape index (κ2) is 4.80. The number of thioether (sulfide) groups is 1. The second-order valence-electron chi connectivity index (χ2n) is 7.35.